The maximum absolute atomic E-state index is 10.1. The zero-order chi connectivity index (χ0) is 8.20. The van der Waals surface area contributed by atoms with E-state index < -0.39 is 14.7 Å². The molecule has 10 heavy (non-hydrogen) atoms. The van der Waals surface area contributed by atoms with Gasteiger partial charge in [0.2, 0.25) is 0 Å². The molecule has 0 fully saturated rings. The summed E-state index contributed by atoms with van der Waals surface area (Å²) < 4.78 is 10.1. The summed E-state index contributed by atoms with van der Waals surface area (Å²) in [6.45, 7) is 0. The molecule has 0 saturated carbocycles. The van der Waals surface area contributed by atoms with Gasteiger partial charge in [-0.05, 0) is 12.7 Å². The lowest BCUT2D eigenvalue weighted by Gasteiger charge is -2.01. The van der Waals surface area contributed by atoms with Gasteiger partial charge in [-0.1, -0.05) is 0 Å². The van der Waals surface area contributed by atoms with Gasteiger partial charge in [0.25, 0.3) is 0 Å². The van der Waals surface area contributed by atoms with Crippen molar-refractivity contribution in [3.05, 3.63) is 0 Å². The van der Waals surface area contributed by atoms with Crippen LogP contribution in [0.15, 0.2) is 0 Å². The molecule has 0 rings (SSSR count). The second-order valence-electron chi connectivity index (χ2n) is 2.01. The first-order chi connectivity index (χ1) is 4.42. The van der Waals surface area contributed by atoms with E-state index in [1.807, 2.05) is 0 Å². The smallest absolute Gasteiger partial charge is 0.427 e. The van der Waals surface area contributed by atoms with Crippen LogP contribution in [0.3, 0.4) is 0 Å². The first kappa shape index (κ1) is 10.1. The Balaban J connectivity index is 3.30. The van der Waals surface area contributed by atoms with Crippen LogP contribution in [0.5, 0.6) is 0 Å². The summed E-state index contributed by atoms with van der Waals surface area (Å²) in [6, 6.07) is 0. The normalized spacial score (nSPS) is 11.6. The lowest BCUT2D eigenvalue weighted by molar-refractivity contribution is 0.370. The van der Waals surface area contributed by atoms with Gasteiger partial charge in [0.05, 0.1) is 0 Å². The lowest BCUT2D eigenvalue weighted by atomic mass is 9.85. The fraction of sp³-hybridized carbons (Fsp3) is 1.00. The van der Waals surface area contributed by atoms with Gasteiger partial charge in [-0.2, -0.15) is 0 Å². The highest BCUT2D eigenvalue weighted by molar-refractivity contribution is 7.51. The van der Waals surface area contributed by atoms with Crippen molar-refractivity contribution >= 4 is 14.7 Å². The molecule has 0 saturated heterocycles. The van der Waals surface area contributed by atoms with Gasteiger partial charge >= 0.3 is 14.7 Å². The molecule has 0 unspecified atom stereocenters. The van der Waals surface area contributed by atoms with Crippen molar-refractivity contribution in [3.8, 4) is 0 Å². The summed E-state index contributed by atoms with van der Waals surface area (Å²) in [4.78, 5) is 16.6. The van der Waals surface area contributed by atoms with Crippen LogP contribution in [0.1, 0.15) is 6.42 Å². The molecule has 0 radical (unpaired) electrons. The molecule has 0 aromatic rings. The second-order valence-corrected chi connectivity index (χ2v) is 3.79. The molecule has 0 aliphatic carbocycles. The van der Waals surface area contributed by atoms with Gasteiger partial charge in [0, 0.05) is 6.16 Å². The maximum atomic E-state index is 10.1. The monoisotopic (exact) mass is 168 g/mol. The molecule has 0 atom stereocenters. The third-order valence-electron chi connectivity index (χ3n) is 0.912. The van der Waals surface area contributed by atoms with Crippen molar-refractivity contribution in [2.75, 3.05) is 6.16 Å². The largest absolute Gasteiger partial charge is 0.451 e. The predicted molar refractivity (Wildman–Crippen MR) is 36.5 cm³/mol. The first-order valence-electron chi connectivity index (χ1n) is 2.82. The Labute approximate surface area is 59.0 Å². The Bertz CT molecular complexity index is 131. The Morgan fingerprint density at radius 1 is 1.30 bits per heavy atom. The summed E-state index contributed by atoms with van der Waals surface area (Å²) in [5.74, 6) is 0. The molecule has 60 valence electrons. The summed E-state index contributed by atoms with van der Waals surface area (Å²) >= 11 is 0. The topological polar surface area (TPSA) is 98.0 Å². The molecule has 0 bridgehead atoms. The third kappa shape index (κ3) is 8.13. The van der Waals surface area contributed by atoms with Gasteiger partial charge in [0.15, 0.2) is 0 Å². The molecular formula is C3H10BO5P. The van der Waals surface area contributed by atoms with Crippen LogP contribution in [0.2, 0.25) is 6.32 Å². The third-order valence-corrected chi connectivity index (χ3v) is 1.81. The summed E-state index contributed by atoms with van der Waals surface area (Å²) in [5.41, 5.74) is 0. The molecule has 4 N–H and O–H groups in total. The minimum atomic E-state index is -3.94. The quantitative estimate of drug-likeness (QED) is 0.319. The van der Waals surface area contributed by atoms with E-state index in [1.165, 1.54) is 0 Å². The van der Waals surface area contributed by atoms with Crippen LogP contribution in [0, 0.1) is 0 Å². The van der Waals surface area contributed by atoms with Crippen molar-refractivity contribution in [3.63, 3.8) is 0 Å². The van der Waals surface area contributed by atoms with Crippen molar-refractivity contribution in [1.29, 1.82) is 0 Å². The zero-order valence-corrected chi connectivity index (χ0v) is 6.24. The Kier molecular flexibility index (Phi) is 4.16. The number of hydrogen-bond donors (Lipinski definition) is 4. The van der Waals surface area contributed by atoms with E-state index in [2.05, 4.69) is 0 Å². The second kappa shape index (κ2) is 4.11. The summed E-state index contributed by atoms with van der Waals surface area (Å²) in [6.07, 6.45) is -0.155. The lowest BCUT2D eigenvalue weighted by Crippen LogP contribution is -2.10. The average Bonchev–Trinajstić information content (AvgIpc) is 1.59. The van der Waals surface area contributed by atoms with Crippen LogP contribution in [-0.2, 0) is 4.57 Å². The molecule has 0 aliphatic heterocycles. The highest BCUT2D eigenvalue weighted by Crippen LogP contribution is 2.35. The molecule has 7 heteroatoms. The maximum Gasteiger partial charge on any atom is 0.451 e. The number of rotatable bonds is 4. The molecule has 0 aromatic carbocycles. The van der Waals surface area contributed by atoms with Crippen molar-refractivity contribution in [1.82, 2.24) is 0 Å². The van der Waals surface area contributed by atoms with Gasteiger partial charge in [0.1, 0.15) is 0 Å². The van der Waals surface area contributed by atoms with Crippen molar-refractivity contribution in [2.45, 2.75) is 12.7 Å². The predicted octanol–water partition coefficient (Wildman–Crippen LogP) is -0.973. The minimum absolute atomic E-state index is 0.00507. The number of hydrogen-bond acceptors (Lipinski definition) is 3. The van der Waals surface area contributed by atoms with Gasteiger partial charge < -0.3 is 19.8 Å². The van der Waals surface area contributed by atoms with E-state index in [1.54, 1.807) is 0 Å². The van der Waals surface area contributed by atoms with Crippen molar-refractivity contribution < 1.29 is 24.4 Å². The van der Waals surface area contributed by atoms with Crippen LogP contribution >= 0.6 is 7.60 Å². The van der Waals surface area contributed by atoms with E-state index in [9.17, 15) is 4.57 Å². The standard InChI is InChI=1S/C3H10BO5P/c5-4(6)2-1-3-10(7,8)9/h5-6H,1-3H2,(H2,7,8,9). The Morgan fingerprint density at radius 3 is 2.10 bits per heavy atom. The molecular weight excluding hydrogens is 158 g/mol. The minimum Gasteiger partial charge on any atom is -0.427 e. The van der Waals surface area contributed by atoms with Crippen molar-refractivity contribution in [2.24, 2.45) is 0 Å². The first-order valence-corrected chi connectivity index (χ1v) is 4.62. The highest BCUT2D eigenvalue weighted by Gasteiger charge is 2.14. The van der Waals surface area contributed by atoms with E-state index in [0.29, 0.717) is 0 Å². The fourth-order valence-corrected chi connectivity index (χ4v) is 1.07. The highest BCUT2D eigenvalue weighted by atomic mass is 31.2. The van der Waals surface area contributed by atoms with Gasteiger partial charge in [-0.15, -0.1) is 0 Å². The molecule has 0 heterocycles. The molecule has 0 aliphatic rings. The van der Waals surface area contributed by atoms with E-state index in [0.717, 1.165) is 0 Å². The van der Waals surface area contributed by atoms with Crippen LogP contribution < -0.4 is 0 Å². The zero-order valence-electron chi connectivity index (χ0n) is 5.34. The van der Waals surface area contributed by atoms with E-state index >= 15 is 0 Å². The van der Waals surface area contributed by atoms with E-state index in [-0.39, 0.29) is 18.9 Å². The van der Waals surface area contributed by atoms with Gasteiger partial charge in [-0.25, -0.2) is 0 Å². The van der Waals surface area contributed by atoms with Crippen LogP contribution in [0.25, 0.3) is 0 Å². The summed E-state index contributed by atoms with van der Waals surface area (Å²) in [5, 5.41) is 16.5. The Hall–Kier alpha value is 0.135. The van der Waals surface area contributed by atoms with E-state index in [4.69, 9.17) is 19.8 Å². The Morgan fingerprint density at radius 2 is 1.80 bits per heavy atom. The van der Waals surface area contributed by atoms with Gasteiger partial charge in [-0.3, -0.25) is 4.57 Å². The molecule has 0 spiro atoms. The summed E-state index contributed by atoms with van der Waals surface area (Å²) in [7, 11) is -5.41. The molecule has 5 nitrogen and oxygen atoms in total. The van der Waals surface area contributed by atoms with Crippen LogP contribution in [0.4, 0.5) is 0 Å². The molecule has 0 aromatic heterocycles. The molecule has 0 amide bonds. The van der Waals surface area contributed by atoms with Crippen LogP contribution in [-0.4, -0.2) is 33.1 Å². The fourth-order valence-electron chi connectivity index (χ4n) is 0.480. The average molecular weight is 168 g/mol. The SMILES string of the molecule is O=P(O)(O)CCCB(O)O.